The number of hydrogen-bond acceptors (Lipinski definition) is 32. The molecule has 39 heteroatoms. The molecular weight excluding hydrogens is 1830 g/mol. The number of fused-ring (bicyclic) bond motifs is 2. The van der Waals surface area contributed by atoms with Crippen LogP contribution in [0, 0.1) is 11.8 Å². The first-order chi connectivity index (χ1) is 65.9. The maximum atomic E-state index is 17.0. The van der Waals surface area contributed by atoms with Crippen LogP contribution < -0.4 is 14.2 Å². The van der Waals surface area contributed by atoms with Crippen molar-refractivity contribution in [1.82, 2.24) is 19.4 Å². The molecule has 1 N–H and O–H groups in total. The number of aliphatic imine (C=N–C) groups is 1. The zero-order valence-electron chi connectivity index (χ0n) is 77.8. The number of benzene rings is 7. The second-order valence-corrected chi connectivity index (χ2v) is 40.8. The quantitative estimate of drug-likeness (QED) is 0.00541. The Labute approximate surface area is 794 Å². The third kappa shape index (κ3) is 27.8. The number of esters is 5. The van der Waals surface area contributed by atoms with Crippen LogP contribution in [0.4, 0.5) is 22.1 Å². The van der Waals surface area contributed by atoms with Gasteiger partial charge in [-0.1, -0.05) is 211 Å². The molecule has 4 saturated heterocycles. The molecule has 1 amide bonds. The van der Waals surface area contributed by atoms with Gasteiger partial charge in [0.2, 0.25) is 18.7 Å². The Morgan fingerprint density at radius 2 is 1.00 bits per heavy atom. The van der Waals surface area contributed by atoms with Gasteiger partial charge in [-0.2, -0.15) is 14.5 Å². The number of allylic oxidation sites excluding steroid dienone is 1. The van der Waals surface area contributed by atoms with Crippen LogP contribution in [0.25, 0.3) is 11.2 Å². The van der Waals surface area contributed by atoms with Gasteiger partial charge in [0, 0.05) is 21.2 Å². The molecule has 0 radical (unpaired) electrons. The molecule has 13 rings (SSSR count). The Morgan fingerprint density at radius 3 is 1.50 bits per heavy atom. The van der Waals surface area contributed by atoms with Gasteiger partial charge >= 0.3 is 58.7 Å². The van der Waals surface area contributed by atoms with E-state index in [9.17, 15) is 24.1 Å². The molecular formula is C98H117N7O29P3+. The van der Waals surface area contributed by atoms with Gasteiger partial charge in [-0.25, -0.2) is 33.6 Å². The summed E-state index contributed by atoms with van der Waals surface area (Å²) in [6, 6.07) is 57.1. The Bertz CT molecular complexity index is 5630. The summed E-state index contributed by atoms with van der Waals surface area (Å²) in [5.74, 6) is -9.80. The predicted molar refractivity (Wildman–Crippen MR) is 498 cm³/mol. The fourth-order valence-electron chi connectivity index (χ4n) is 15.4. The molecule has 4 aliphatic rings. The van der Waals surface area contributed by atoms with Crippen molar-refractivity contribution in [3.05, 3.63) is 259 Å². The molecule has 9 aromatic rings. The van der Waals surface area contributed by atoms with Crippen molar-refractivity contribution < 1.29 is 141 Å². The highest BCUT2D eigenvalue weighted by molar-refractivity contribution is 7.71. The number of unbranched alkanes of at least 4 members (excludes halogenated alkanes) is 6. The summed E-state index contributed by atoms with van der Waals surface area (Å²) in [5, 5.41) is 11.6. The topological polar surface area (TPSA) is 403 Å². The normalized spacial score (nSPS) is 23.1. The van der Waals surface area contributed by atoms with E-state index in [1.54, 1.807) is 244 Å². The number of carbonyl (C=O) groups is 6. The van der Waals surface area contributed by atoms with Crippen LogP contribution in [-0.4, -0.2) is 212 Å². The number of nitrogens with zero attached hydrogens (tertiary/aromatic N) is 7. The van der Waals surface area contributed by atoms with Crippen molar-refractivity contribution in [1.29, 1.82) is 0 Å². The van der Waals surface area contributed by atoms with Crippen molar-refractivity contribution >= 4 is 93.6 Å². The van der Waals surface area contributed by atoms with E-state index in [1.807, 2.05) is 6.08 Å². The number of imidazole rings is 1. The van der Waals surface area contributed by atoms with E-state index in [2.05, 4.69) is 16.6 Å². The van der Waals surface area contributed by atoms with Gasteiger partial charge in [0.25, 0.3) is 23.0 Å². The number of aliphatic hydroxyl groups is 1. The number of anilines is 2. The number of aryl methyl sites for hydroxylation is 1. The number of ether oxygens (including phenoxy) is 13. The minimum atomic E-state index is -5.32. The summed E-state index contributed by atoms with van der Waals surface area (Å²) < 4.78 is 174. The van der Waals surface area contributed by atoms with Crippen molar-refractivity contribution in [3.8, 4) is 5.88 Å². The van der Waals surface area contributed by atoms with Gasteiger partial charge in [-0.15, -0.1) is 6.58 Å². The minimum Gasteiger partial charge on any atom is -0.455 e. The number of carbonyl (C=O) groups excluding carboxylic acids is 6. The first-order valence-electron chi connectivity index (χ1n) is 45.2. The lowest BCUT2D eigenvalue weighted by Crippen LogP contribution is -2.66. The number of hydrogen-bond donors (Lipinski definition) is 1. The highest BCUT2D eigenvalue weighted by Gasteiger charge is 2.62. The molecule has 137 heavy (non-hydrogen) atoms. The first-order valence-corrected chi connectivity index (χ1v) is 50.4. The number of rotatable bonds is 47. The van der Waals surface area contributed by atoms with Crippen LogP contribution in [0.3, 0.4) is 0 Å². The molecule has 6 heterocycles. The smallest absolute Gasteiger partial charge is 0.425 e. The summed E-state index contributed by atoms with van der Waals surface area (Å²) in [4.78, 5) is 106. The Kier molecular flexibility index (Phi) is 36.7. The van der Waals surface area contributed by atoms with Crippen LogP contribution in [0.2, 0.25) is 0 Å². The molecule has 3 unspecified atom stereocenters. The van der Waals surface area contributed by atoms with E-state index in [0.717, 1.165) is 38.5 Å². The predicted octanol–water partition coefficient (Wildman–Crippen LogP) is 16.4. The Morgan fingerprint density at radius 1 is 0.540 bits per heavy atom. The Hall–Kier alpha value is -11.0. The van der Waals surface area contributed by atoms with Crippen molar-refractivity contribution in [3.63, 3.8) is 0 Å². The van der Waals surface area contributed by atoms with Gasteiger partial charge in [-0.3, -0.25) is 23.3 Å². The molecule has 732 valence electrons. The summed E-state index contributed by atoms with van der Waals surface area (Å²) in [5.41, 5.74) is 1.60. The van der Waals surface area contributed by atoms with Gasteiger partial charge in [-0.05, 0) is 105 Å². The minimum absolute atomic E-state index is 0.0339. The third-order valence-electron chi connectivity index (χ3n) is 22.3. The van der Waals surface area contributed by atoms with Crippen LogP contribution in [0.15, 0.2) is 236 Å². The molecule has 4 aliphatic heterocycles. The van der Waals surface area contributed by atoms with Crippen molar-refractivity contribution in [2.75, 3.05) is 64.8 Å². The molecule has 2 aromatic heterocycles. The maximum Gasteiger partial charge on any atom is 0.425 e. The molecule has 36 nitrogen and oxygen atoms in total. The highest BCUT2D eigenvalue weighted by atomic mass is 31.2. The van der Waals surface area contributed by atoms with E-state index in [4.69, 9.17) is 93.7 Å². The van der Waals surface area contributed by atoms with E-state index in [1.165, 1.54) is 70.2 Å². The van der Waals surface area contributed by atoms with Crippen LogP contribution in [-0.2, 0) is 128 Å². The number of aromatic nitrogens is 4. The van der Waals surface area contributed by atoms with E-state index < -0.39 is 208 Å². The monoisotopic (exact) mass is 1950 g/mol. The Balaban J connectivity index is 0.886. The zero-order chi connectivity index (χ0) is 97.4. The SMILES string of the molecule is C=CCCCCCCCCOP(=O)(CO[C@H]1O[C@H](CO)[C@@H](O[C@@H]2O[C@H](COP(=O)(CP(=O)(OCc3ccccc3)OC[C@H]3O[C@@H](n4c[n+](C)c5c(OC(=O)N(c6ccccc6)c6ccccc6)nc(/N=C/N(C)C)nc54)[C@H](OC(=O)C(C)C)[C@@H]3OC(=O)C(C)C)OCc3ccccc3)[C@H](OC(=O)c3ccccc3)[C@H](OC(=O)c3ccccc3)[C@H]2OC(=O)c2ccccc2)[C@@H]2OC(C)(C)O[C@H]12)OC. The highest BCUT2D eigenvalue weighted by Crippen LogP contribution is 2.65. The lowest BCUT2D eigenvalue weighted by Gasteiger charge is -2.47. The lowest BCUT2D eigenvalue weighted by atomic mass is 9.96. The lowest BCUT2D eigenvalue weighted by molar-refractivity contribution is -0.646. The second-order valence-electron chi connectivity index (χ2n) is 34.1. The third-order valence-corrected chi connectivity index (χ3v) is 28.8. The molecule has 0 spiro atoms. The molecule has 17 atom stereocenters. The fourth-order valence-corrected chi connectivity index (χ4v) is 21.0. The molecule has 0 aliphatic carbocycles. The van der Waals surface area contributed by atoms with E-state index >= 15 is 23.5 Å². The zero-order valence-corrected chi connectivity index (χ0v) is 80.5. The fraction of sp³-hybridized carbons (Fsp3) is 0.429. The van der Waals surface area contributed by atoms with Gasteiger partial charge in [0.05, 0.1) is 92.9 Å². The summed E-state index contributed by atoms with van der Waals surface area (Å²) in [7, 11) is -8.35. The van der Waals surface area contributed by atoms with Gasteiger partial charge in [0.1, 0.15) is 36.6 Å². The van der Waals surface area contributed by atoms with Crippen LogP contribution in [0.5, 0.6) is 5.88 Å². The van der Waals surface area contributed by atoms with Crippen LogP contribution >= 0.6 is 22.8 Å². The second kappa shape index (κ2) is 48.6. The molecule has 7 aromatic carbocycles. The van der Waals surface area contributed by atoms with Crippen molar-refractivity contribution in [2.24, 2.45) is 23.9 Å². The summed E-state index contributed by atoms with van der Waals surface area (Å²) in [6.07, 6.45) is -14.5. The standard InChI is InChI=1S/C98H117N7O29P3/c1-12-13-14-15-16-17-18-40-55-118-135(113,116-11)63-117-94-85-82(133-98(6,7)134-85)78(74(56-106)124-94)131-95-84(130-93(111)71-49-34-23-35-50-71)81(128-92(110)70-47-32-22-33-48-70)79(127-91(109)69-45-30-21-31-46-69)76(125-95)60-122-137(115,120-58-68-43-28-20-29-44-68)64-136(114,119-57-67-41-26-19-27-42-67)121-59-75-80(126-89(107)65(2)3)83(129-90(108)66(4)5)88(123-75)104-62-103(10)77-86(104)100-96(99-61-102(8)9)101-87(77)132-97(112)105(72-51-36-24-37-52-72)73-53-38-25-39-54-73/h12,19-39,41-54,61-62,65-66,74-76,78-85,88,94-95,106H,1,13-18,40,55-60,63-64H2,2-11H3/q+1/b99-61+/t74-,75-,76-,78-,79+,80-,81+,82+,83-,84-,85+,88-,94+,95+,135?,136?,137?/m1/s1. The molecule has 0 bridgehead atoms. The number of aliphatic hydroxyl groups excluding tert-OH is 1. The largest absolute Gasteiger partial charge is 0.455 e. The summed E-state index contributed by atoms with van der Waals surface area (Å²) >= 11 is 0. The van der Waals surface area contributed by atoms with Gasteiger partial charge < -0.3 is 98.7 Å². The average Bonchev–Trinajstić information content (AvgIpc) is 1.55. The molecule has 4 fully saturated rings. The average molecular weight is 1950 g/mol. The first kappa shape index (κ1) is 103. The number of amides is 1. The number of para-hydroxylation sites is 2. The van der Waals surface area contributed by atoms with Gasteiger partial charge in [0.15, 0.2) is 55.0 Å². The van der Waals surface area contributed by atoms with E-state index in [-0.39, 0.29) is 46.3 Å². The molecule has 0 saturated carbocycles. The maximum absolute atomic E-state index is 17.0. The van der Waals surface area contributed by atoms with E-state index in [0.29, 0.717) is 28.9 Å². The van der Waals surface area contributed by atoms with Crippen LogP contribution in [0.1, 0.15) is 135 Å². The summed E-state index contributed by atoms with van der Waals surface area (Å²) in [6.45, 7) is 9.39. The van der Waals surface area contributed by atoms with Crippen molar-refractivity contribution in [2.45, 2.75) is 191 Å².